The summed E-state index contributed by atoms with van der Waals surface area (Å²) in [5, 5.41) is 13.1. The molecule has 0 bridgehead atoms. The first-order chi connectivity index (χ1) is 14.2. The number of hydrogen-bond donors (Lipinski definition) is 3. The summed E-state index contributed by atoms with van der Waals surface area (Å²) in [4.78, 5) is 27.0. The molecule has 2 aromatic rings. The molecule has 0 spiro atoms. The number of aromatic carboxylic acids is 1. The van der Waals surface area contributed by atoms with Crippen LogP contribution in [0, 0.1) is 5.41 Å². The zero-order chi connectivity index (χ0) is 21.8. The first kappa shape index (κ1) is 20.5. The van der Waals surface area contributed by atoms with Gasteiger partial charge in [0.15, 0.2) is 5.75 Å². The zero-order valence-corrected chi connectivity index (χ0v) is 18.0. The Morgan fingerprint density at radius 2 is 2.07 bits per heavy atom. The lowest BCUT2D eigenvalue weighted by atomic mass is 9.81. The van der Waals surface area contributed by atoms with E-state index in [9.17, 15) is 14.7 Å². The highest BCUT2D eigenvalue weighted by Crippen LogP contribution is 2.47. The third-order valence-corrected chi connectivity index (χ3v) is 6.09. The van der Waals surface area contributed by atoms with Crippen molar-refractivity contribution in [2.24, 2.45) is 11.1 Å². The minimum absolute atomic E-state index is 0.0267. The number of fused-ring (bicyclic) bond motifs is 1. The number of anilines is 2. The molecule has 1 aliphatic heterocycles. The second-order valence-electron chi connectivity index (χ2n) is 9.28. The number of carboxylic acid groups (broad SMARTS) is 1. The van der Waals surface area contributed by atoms with Crippen LogP contribution in [0.25, 0.3) is 10.9 Å². The summed E-state index contributed by atoms with van der Waals surface area (Å²) in [6.45, 7) is 5.88. The highest BCUT2D eigenvalue weighted by molar-refractivity contribution is 6.01. The molecule has 1 aromatic heterocycles. The predicted molar refractivity (Wildman–Crippen MR) is 118 cm³/mol. The quantitative estimate of drug-likeness (QED) is 0.690. The Morgan fingerprint density at radius 1 is 1.37 bits per heavy atom. The van der Waals surface area contributed by atoms with Crippen molar-refractivity contribution in [2.75, 3.05) is 37.5 Å². The van der Waals surface area contributed by atoms with E-state index in [4.69, 9.17) is 10.5 Å². The Morgan fingerprint density at radius 3 is 2.60 bits per heavy atom. The Labute approximate surface area is 175 Å². The summed E-state index contributed by atoms with van der Waals surface area (Å²) in [5.41, 5.74) is 7.95. The van der Waals surface area contributed by atoms with Crippen molar-refractivity contribution in [3.8, 4) is 5.75 Å². The number of methoxy groups -OCH3 is 1. The Kier molecular flexibility index (Phi) is 4.92. The molecule has 2 heterocycles. The maximum Gasteiger partial charge on any atom is 0.341 e. The highest BCUT2D eigenvalue weighted by atomic mass is 16.5. The molecule has 0 unspecified atom stereocenters. The smallest absolute Gasteiger partial charge is 0.341 e. The van der Waals surface area contributed by atoms with E-state index in [2.05, 4.69) is 24.1 Å². The van der Waals surface area contributed by atoms with E-state index in [0.717, 1.165) is 37.2 Å². The largest absolute Gasteiger partial charge is 0.492 e. The van der Waals surface area contributed by atoms with Crippen LogP contribution in [0.1, 0.15) is 49.5 Å². The van der Waals surface area contributed by atoms with Crippen molar-refractivity contribution in [2.45, 2.75) is 45.2 Å². The topological polar surface area (TPSA) is 110 Å². The van der Waals surface area contributed by atoms with Crippen LogP contribution in [0.3, 0.4) is 0 Å². The van der Waals surface area contributed by atoms with Gasteiger partial charge in [-0.05, 0) is 30.7 Å². The Balaban J connectivity index is 2.05. The van der Waals surface area contributed by atoms with Crippen LogP contribution in [0.5, 0.6) is 5.75 Å². The number of nitrogens with two attached hydrogens (primary N) is 1. The van der Waals surface area contributed by atoms with Gasteiger partial charge in [0.1, 0.15) is 11.3 Å². The molecule has 4 rings (SSSR count). The number of nitrogens with zero attached hydrogens (tertiary/aromatic N) is 2. The summed E-state index contributed by atoms with van der Waals surface area (Å²) < 4.78 is 7.82. The molecule has 2 aliphatic rings. The van der Waals surface area contributed by atoms with Gasteiger partial charge in [0, 0.05) is 38.4 Å². The minimum atomic E-state index is -1.21. The SMILES string of the molecule is CNc1cc2c(=O)c(C(=O)O)cn(C3CC3)c2c(OC)c1N1C[C@@H](N)CC(C)(C)C1. The fraction of sp³-hybridized carbons (Fsp3) is 0.545. The third kappa shape index (κ3) is 3.39. The van der Waals surface area contributed by atoms with E-state index in [1.165, 1.54) is 6.20 Å². The highest BCUT2D eigenvalue weighted by Gasteiger charge is 2.35. The minimum Gasteiger partial charge on any atom is -0.492 e. The number of rotatable bonds is 5. The van der Waals surface area contributed by atoms with E-state index >= 15 is 0 Å². The van der Waals surface area contributed by atoms with Gasteiger partial charge in [0.2, 0.25) is 5.43 Å². The monoisotopic (exact) mass is 414 g/mol. The normalized spacial score (nSPS) is 21.0. The second-order valence-corrected chi connectivity index (χ2v) is 9.28. The van der Waals surface area contributed by atoms with Crippen molar-refractivity contribution in [1.82, 2.24) is 4.57 Å². The van der Waals surface area contributed by atoms with Crippen LogP contribution in [-0.4, -0.2) is 48.9 Å². The van der Waals surface area contributed by atoms with E-state index in [1.807, 2.05) is 4.57 Å². The van der Waals surface area contributed by atoms with Gasteiger partial charge >= 0.3 is 5.97 Å². The number of ether oxygens (including phenoxy) is 1. The first-order valence-electron chi connectivity index (χ1n) is 10.4. The molecule has 1 aliphatic carbocycles. The van der Waals surface area contributed by atoms with Crippen LogP contribution in [-0.2, 0) is 0 Å². The first-order valence-corrected chi connectivity index (χ1v) is 10.4. The average Bonchev–Trinajstić information content (AvgIpc) is 3.50. The zero-order valence-electron chi connectivity index (χ0n) is 18.0. The summed E-state index contributed by atoms with van der Waals surface area (Å²) >= 11 is 0. The molecule has 8 heteroatoms. The fourth-order valence-electron chi connectivity index (χ4n) is 4.84. The van der Waals surface area contributed by atoms with Gasteiger partial charge in [0.05, 0.1) is 23.7 Å². The van der Waals surface area contributed by atoms with E-state index < -0.39 is 11.4 Å². The molecular weight excluding hydrogens is 384 g/mol. The molecule has 1 aromatic carbocycles. The maximum absolute atomic E-state index is 13.0. The third-order valence-electron chi connectivity index (χ3n) is 6.09. The lowest BCUT2D eigenvalue weighted by Gasteiger charge is -2.43. The number of piperidine rings is 1. The van der Waals surface area contributed by atoms with Gasteiger partial charge in [-0.25, -0.2) is 4.79 Å². The summed E-state index contributed by atoms with van der Waals surface area (Å²) in [5.74, 6) is -0.628. The Bertz CT molecular complexity index is 1070. The molecule has 8 nitrogen and oxygen atoms in total. The van der Waals surface area contributed by atoms with Gasteiger partial charge in [-0.15, -0.1) is 0 Å². The number of carboxylic acids is 1. The van der Waals surface area contributed by atoms with Gasteiger partial charge in [0.25, 0.3) is 0 Å². The van der Waals surface area contributed by atoms with Crippen molar-refractivity contribution in [1.29, 1.82) is 0 Å². The molecular formula is C22H30N4O4. The molecule has 0 radical (unpaired) electrons. The molecule has 30 heavy (non-hydrogen) atoms. The lowest BCUT2D eigenvalue weighted by Crippen LogP contribution is -2.50. The van der Waals surface area contributed by atoms with Gasteiger partial charge in [-0.3, -0.25) is 4.79 Å². The molecule has 1 atom stereocenters. The number of aromatic nitrogens is 1. The van der Waals surface area contributed by atoms with Crippen LogP contribution >= 0.6 is 0 Å². The number of pyridine rings is 1. The molecule has 1 saturated heterocycles. The van der Waals surface area contributed by atoms with Crippen LogP contribution in [0.2, 0.25) is 0 Å². The maximum atomic E-state index is 13.0. The molecule has 0 amide bonds. The Hall–Kier alpha value is -2.74. The van der Waals surface area contributed by atoms with Gasteiger partial charge < -0.3 is 30.4 Å². The molecule has 1 saturated carbocycles. The van der Waals surface area contributed by atoms with Crippen LogP contribution in [0.4, 0.5) is 11.4 Å². The fourth-order valence-corrected chi connectivity index (χ4v) is 4.84. The molecule has 2 fully saturated rings. The van der Waals surface area contributed by atoms with E-state index in [0.29, 0.717) is 23.2 Å². The van der Waals surface area contributed by atoms with Crippen molar-refractivity contribution in [3.05, 3.63) is 28.0 Å². The number of hydrogen-bond acceptors (Lipinski definition) is 6. The lowest BCUT2D eigenvalue weighted by molar-refractivity contribution is 0.0695. The second kappa shape index (κ2) is 7.19. The van der Waals surface area contributed by atoms with E-state index in [-0.39, 0.29) is 23.1 Å². The van der Waals surface area contributed by atoms with Gasteiger partial charge in [-0.1, -0.05) is 13.8 Å². The molecule has 162 valence electrons. The summed E-state index contributed by atoms with van der Waals surface area (Å²) in [6, 6.07) is 1.96. The van der Waals surface area contributed by atoms with Crippen LogP contribution in [0.15, 0.2) is 17.1 Å². The van der Waals surface area contributed by atoms with E-state index in [1.54, 1.807) is 20.2 Å². The van der Waals surface area contributed by atoms with Crippen molar-refractivity contribution >= 4 is 28.2 Å². The number of nitrogens with one attached hydrogen (secondary N) is 1. The summed E-state index contributed by atoms with van der Waals surface area (Å²) in [7, 11) is 3.39. The predicted octanol–water partition coefficient (Wildman–Crippen LogP) is 2.65. The van der Waals surface area contributed by atoms with Gasteiger partial charge in [-0.2, -0.15) is 0 Å². The number of carbonyl (C=O) groups is 1. The standard InChI is InChI=1S/C22H30N4O4/c1-22(2)8-12(23)9-25(11-22)18-16(24-3)7-14-17(20(18)30-4)26(13-5-6-13)10-15(19(14)27)21(28)29/h7,10,12-13,24H,5-6,8-9,11,23H2,1-4H3,(H,28,29)/t12-/m0/s1. The average molecular weight is 415 g/mol. The van der Waals surface area contributed by atoms with Crippen molar-refractivity contribution in [3.63, 3.8) is 0 Å². The summed E-state index contributed by atoms with van der Waals surface area (Å²) in [6.07, 6.45) is 4.31. The molecule has 4 N–H and O–H groups in total. The van der Waals surface area contributed by atoms with Crippen LogP contribution < -0.4 is 26.1 Å². The number of benzene rings is 1. The van der Waals surface area contributed by atoms with Crippen molar-refractivity contribution < 1.29 is 14.6 Å².